The smallest absolute Gasteiger partial charge is 0.326 e. The summed E-state index contributed by atoms with van der Waals surface area (Å²) in [5, 5.41) is 36.4. The molecule has 0 radical (unpaired) electrons. The van der Waals surface area contributed by atoms with Crippen LogP contribution in [0.25, 0.3) is 0 Å². The van der Waals surface area contributed by atoms with Crippen molar-refractivity contribution >= 4 is 59.2 Å². The molecule has 0 unspecified atom stereocenters. The molecule has 444 valence electrons. The van der Waals surface area contributed by atoms with Crippen LogP contribution in [0.4, 0.5) is 0 Å². The molecule has 1 fully saturated rings. The minimum atomic E-state index is -1.41. The van der Waals surface area contributed by atoms with E-state index in [0.29, 0.717) is 29.7 Å². The number of carbonyl (C=O) groups is 9. The number of aliphatic carboxylic acids is 1. The number of imidazole rings is 1. The molecule has 1 saturated heterocycles. The Labute approximate surface area is 473 Å². The third kappa shape index (κ3) is 20.2. The summed E-state index contributed by atoms with van der Waals surface area (Å²) in [7, 11) is 0. The van der Waals surface area contributed by atoms with Crippen LogP contribution in [-0.2, 0) is 62.4 Å². The number of H-pyrrole nitrogens is 1. The highest BCUT2D eigenvalue weighted by atomic mass is 16.4. The van der Waals surface area contributed by atoms with E-state index in [1.807, 2.05) is 27.7 Å². The van der Waals surface area contributed by atoms with Gasteiger partial charge in [0.2, 0.25) is 47.3 Å². The first kappa shape index (κ1) is 65.4. The van der Waals surface area contributed by atoms with Crippen molar-refractivity contribution in [3.8, 4) is 5.75 Å². The van der Waals surface area contributed by atoms with Gasteiger partial charge in [-0.05, 0) is 88.5 Å². The summed E-state index contributed by atoms with van der Waals surface area (Å²) in [5.41, 5.74) is 18.9. The number of likely N-dealkylation sites (tertiary alicyclic amines) is 1. The number of carboxylic acids is 1. The summed E-state index contributed by atoms with van der Waals surface area (Å²) < 4.78 is 0. The Morgan fingerprint density at radius 2 is 1.31 bits per heavy atom. The summed E-state index contributed by atoms with van der Waals surface area (Å²) in [6, 6.07) is 4.00. The Bertz CT molecular complexity index is 2600. The largest absolute Gasteiger partial charge is 0.508 e. The number of guanidine groups is 1. The average Bonchev–Trinajstić information content (AvgIpc) is 4.20. The number of aliphatic imine (C=N–C) groups is 1. The molecule has 0 spiro atoms. The summed E-state index contributed by atoms with van der Waals surface area (Å²) in [6.07, 6.45) is 3.45. The second-order valence-electron chi connectivity index (χ2n) is 21.5. The lowest BCUT2D eigenvalue weighted by Crippen LogP contribution is -2.62. The first-order chi connectivity index (χ1) is 38.3. The zero-order valence-corrected chi connectivity index (χ0v) is 47.6. The van der Waals surface area contributed by atoms with Crippen LogP contribution in [0, 0.1) is 11.8 Å². The number of aromatic hydroxyl groups is 1. The molecule has 15 N–H and O–H groups in total. The number of hydrogen-bond donors (Lipinski definition) is 12. The van der Waals surface area contributed by atoms with Crippen molar-refractivity contribution in [2.45, 2.75) is 174 Å². The minimum Gasteiger partial charge on any atom is -0.508 e. The number of phenols is 1. The van der Waals surface area contributed by atoms with Gasteiger partial charge in [-0.3, -0.25) is 43.3 Å². The van der Waals surface area contributed by atoms with Crippen LogP contribution in [0.3, 0.4) is 0 Å². The van der Waals surface area contributed by atoms with Crippen LogP contribution < -0.4 is 49.1 Å². The van der Waals surface area contributed by atoms with Crippen LogP contribution >= 0.6 is 0 Å². The molecule has 2 heterocycles. The van der Waals surface area contributed by atoms with Gasteiger partial charge >= 0.3 is 5.97 Å². The number of nitrogens with zero attached hydrogens (tertiary/aromatic N) is 4. The van der Waals surface area contributed by atoms with Crippen LogP contribution in [0.5, 0.6) is 5.75 Å². The summed E-state index contributed by atoms with van der Waals surface area (Å²) >= 11 is 0. The first-order valence-electron chi connectivity index (χ1n) is 27.6. The van der Waals surface area contributed by atoms with Crippen molar-refractivity contribution in [2.24, 2.45) is 34.0 Å². The second kappa shape index (κ2) is 31.6. The van der Waals surface area contributed by atoms with E-state index in [1.165, 1.54) is 29.6 Å². The number of hydrogen-bond acceptors (Lipinski definition) is 13. The molecule has 0 aliphatic carbocycles. The van der Waals surface area contributed by atoms with Crippen LogP contribution in [0.1, 0.15) is 111 Å². The molecular formula is C56H84N14O11. The summed E-state index contributed by atoms with van der Waals surface area (Å²) in [6.45, 7) is 14.4. The zero-order valence-electron chi connectivity index (χ0n) is 47.6. The minimum absolute atomic E-state index is 0.00172. The Morgan fingerprint density at radius 3 is 1.89 bits per heavy atom. The van der Waals surface area contributed by atoms with Gasteiger partial charge in [0.15, 0.2) is 5.96 Å². The number of nitrogens with two attached hydrogens (primary N) is 3. The normalized spacial score (nSPS) is 16.1. The second-order valence-corrected chi connectivity index (χ2v) is 21.5. The van der Waals surface area contributed by atoms with Crippen molar-refractivity contribution in [1.29, 1.82) is 0 Å². The monoisotopic (exact) mass is 1130 g/mol. The van der Waals surface area contributed by atoms with Gasteiger partial charge in [0.1, 0.15) is 48.0 Å². The molecule has 4 rings (SSSR count). The standard InChI is InChI=1S/C56H84N14O11/c1-9-34(8)47(53(78)65-42(27-37-29-60-30-62-37)54(79)69-24-14-18-44(69)51(76)66-43(55(80)81)26-35-15-11-10-12-16-35)68-50(75)41(25-36-19-21-38(71)22-20-36)64-52(77)46(31(2)3)67-49(74)40(17-13-23-61-56(58)59)63-48(73)39(57)28-45(72)70(32(4)5)33(6)7/h10-12,15-16,19-22,29-34,39-44,46-47,71H,9,13-14,17-18,23-28,57H2,1-8H3,(H,60,62)(H,63,73)(H,64,77)(H,65,78)(H,66,76)(H,67,74)(H,68,75)(H,80,81)(H4,58,59,61)/t34-,39-,40-,41-,42-,43-,44+,46-,47-/m0/s1. The molecule has 81 heavy (non-hydrogen) atoms. The van der Waals surface area contributed by atoms with E-state index in [-0.39, 0.29) is 87.7 Å². The third-order valence-corrected chi connectivity index (χ3v) is 14.1. The van der Waals surface area contributed by atoms with Gasteiger partial charge in [-0.25, -0.2) is 9.78 Å². The fourth-order valence-electron chi connectivity index (χ4n) is 9.59. The molecule has 1 aromatic heterocycles. The number of aromatic amines is 1. The van der Waals surface area contributed by atoms with Crippen LogP contribution in [-0.4, -0.2) is 163 Å². The molecule has 1 aliphatic heterocycles. The number of benzene rings is 2. The average molecular weight is 1130 g/mol. The SMILES string of the molecule is CC[C@H](C)[C@H](NC(=O)[C@H](Cc1ccc(O)cc1)NC(=O)[C@@H](NC(=O)[C@H](CCCN=C(N)N)NC(=O)[C@@H](N)CC(=O)N(C(C)C)C(C)C)C(C)C)C(=O)N[C@@H](Cc1cnc[nH]1)C(=O)N1CCC[C@@H]1C(=O)N[C@@H](Cc1ccccc1)C(=O)O. The lowest BCUT2D eigenvalue weighted by molar-refractivity contribution is -0.145. The number of carbonyl (C=O) groups excluding carboxylic acids is 8. The van der Waals surface area contributed by atoms with Gasteiger partial charge in [-0.1, -0.05) is 76.6 Å². The lowest BCUT2D eigenvalue weighted by Gasteiger charge is -2.32. The number of amides is 8. The van der Waals surface area contributed by atoms with E-state index in [9.17, 15) is 53.4 Å². The Hall–Kier alpha value is -8.09. The molecule has 25 nitrogen and oxygen atoms in total. The molecule has 9 atom stereocenters. The summed E-state index contributed by atoms with van der Waals surface area (Å²) in [4.78, 5) is 139. The predicted molar refractivity (Wildman–Crippen MR) is 302 cm³/mol. The predicted octanol–water partition coefficient (Wildman–Crippen LogP) is 0.246. The van der Waals surface area contributed by atoms with Crippen molar-refractivity contribution in [2.75, 3.05) is 13.1 Å². The van der Waals surface area contributed by atoms with Crippen molar-refractivity contribution in [3.05, 3.63) is 83.9 Å². The van der Waals surface area contributed by atoms with Gasteiger partial charge in [0, 0.05) is 56.3 Å². The highest BCUT2D eigenvalue weighted by Gasteiger charge is 2.41. The number of carboxylic acid groups (broad SMARTS) is 1. The lowest BCUT2D eigenvalue weighted by atomic mass is 9.96. The quantitative estimate of drug-likeness (QED) is 0.0233. The maximum Gasteiger partial charge on any atom is 0.326 e. The van der Waals surface area contributed by atoms with E-state index in [2.05, 4.69) is 46.9 Å². The summed E-state index contributed by atoms with van der Waals surface area (Å²) in [5.74, 6) is -8.30. The van der Waals surface area contributed by atoms with Crippen molar-refractivity contribution < 1.29 is 53.4 Å². The van der Waals surface area contributed by atoms with E-state index >= 15 is 0 Å². The highest BCUT2D eigenvalue weighted by Crippen LogP contribution is 2.22. The maximum absolute atomic E-state index is 14.7. The van der Waals surface area contributed by atoms with E-state index < -0.39 is 107 Å². The maximum atomic E-state index is 14.7. The number of nitrogens with one attached hydrogen (secondary N) is 7. The molecule has 1 aliphatic rings. The molecule has 0 saturated carbocycles. The van der Waals surface area contributed by atoms with E-state index in [0.717, 1.165) is 0 Å². The van der Waals surface area contributed by atoms with E-state index in [1.54, 1.807) is 75.1 Å². The van der Waals surface area contributed by atoms with Gasteiger partial charge in [0.25, 0.3) is 0 Å². The Kier molecular flexibility index (Phi) is 25.6. The molecule has 8 amide bonds. The molecule has 25 heteroatoms. The number of aromatic nitrogens is 2. The molecular weight excluding hydrogens is 1040 g/mol. The third-order valence-electron chi connectivity index (χ3n) is 14.1. The van der Waals surface area contributed by atoms with Crippen LogP contribution in [0.15, 0.2) is 72.1 Å². The van der Waals surface area contributed by atoms with Gasteiger partial charge in [-0.2, -0.15) is 0 Å². The number of rotatable bonds is 31. The molecule has 2 aromatic carbocycles. The van der Waals surface area contributed by atoms with E-state index in [4.69, 9.17) is 17.2 Å². The fourth-order valence-corrected chi connectivity index (χ4v) is 9.59. The Morgan fingerprint density at radius 1 is 0.728 bits per heavy atom. The van der Waals surface area contributed by atoms with Gasteiger partial charge < -0.3 is 74.1 Å². The first-order valence-corrected chi connectivity index (χ1v) is 27.6. The topological polar surface area (TPSA) is 392 Å². The van der Waals surface area contributed by atoms with Gasteiger partial charge in [0.05, 0.1) is 18.8 Å². The van der Waals surface area contributed by atoms with Crippen LogP contribution in [0.2, 0.25) is 0 Å². The fraction of sp³-hybridized carbons (Fsp3) is 0.554. The number of phenolic OH excluding ortho intramolecular Hbond substituents is 1. The van der Waals surface area contributed by atoms with Crippen molar-refractivity contribution in [1.82, 2.24) is 51.7 Å². The zero-order chi connectivity index (χ0) is 60.1. The molecule has 3 aromatic rings. The Balaban J connectivity index is 1.59. The van der Waals surface area contributed by atoms with Gasteiger partial charge in [-0.15, -0.1) is 0 Å². The molecule has 0 bridgehead atoms. The highest BCUT2D eigenvalue weighted by molar-refractivity contribution is 5.98. The van der Waals surface area contributed by atoms with Crippen molar-refractivity contribution in [3.63, 3.8) is 0 Å².